The second-order valence-corrected chi connectivity index (χ2v) is 6.46. The molecule has 1 aromatic carbocycles. The number of amides is 1. The van der Waals surface area contributed by atoms with E-state index >= 15 is 0 Å². The van der Waals surface area contributed by atoms with Crippen molar-refractivity contribution in [1.29, 1.82) is 0 Å². The van der Waals surface area contributed by atoms with Crippen molar-refractivity contribution < 1.29 is 18.8 Å². The van der Waals surface area contributed by atoms with E-state index in [9.17, 15) is 18.8 Å². The molecular weight excluding hydrogens is 285 g/mol. The quantitative estimate of drug-likeness (QED) is 0.788. The van der Waals surface area contributed by atoms with Gasteiger partial charge in [-0.05, 0) is 48.4 Å². The third-order valence-electron chi connectivity index (χ3n) is 4.90. The van der Waals surface area contributed by atoms with Gasteiger partial charge in [-0.3, -0.25) is 14.4 Å². The number of carbonyl (C=O) groups is 3. The number of rotatable bonds is 2. The lowest BCUT2D eigenvalue weighted by Gasteiger charge is -2.29. The van der Waals surface area contributed by atoms with Crippen molar-refractivity contribution >= 4 is 17.5 Å². The molecule has 1 aromatic rings. The van der Waals surface area contributed by atoms with Crippen molar-refractivity contribution in [3.8, 4) is 0 Å². The van der Waals surface area contributed by atoms with Crippen LogP contribution in [0.3, 0.4) is 0 Å². The number of Topliss-reactive ketones (excluding diaryl/α,β-unsaturated/α-hetero) is 2. The van der Waals surface area contributed by atoms with Gasteiger partial charge < -0.3 is 4.90 Å². The number of fused-ring (bicyclic) bond motifs is 1. The zero-order valence-corrected chi connectivity index (χ0v) is 12.1. The summed E-state index contributed by atoms with van der Waals surface area (Å²) in [6.45, 7) is 0.366. The molecule has 4 nitrogen and oxygen atoms in total. The predicted octanol–water partition coefficient (Wildman–Crippen LogP) is 2.35. The summed E-state index contributed by atoms with van der Waals surface area (Å²) >= 11 is 0. The molecule has 22 heavy (non-hydrogen) atoms. The van der Waals surface area contributed by atoms with Gasteiger partial charge in [0.15, 0.2) is 5.78 Å². The van der Waals surface area contributed by atoms with Gasteiger partial charge in [0, 0.05) is 18.5 Å². The van der Waals surface area contributed by atoms with E-state index in [2.05, 4.69) is 0 Å². The molecule has 2 saturated carbocycles. The van der Waals surface area contributed by atoms with Gasteiger partial charge in [-0.25, -0.2) is 4.39 Å². The Morgan fingerprint density at radius 2 is 1.86 bits per heavy atom. The Kier molecular flexibility index (Phi) is 2.93. The lowest BCUT2D eigenvalue weighted by atomic mass is 9.92. The number of benzene rings is 1. The molecule has 2 aliphatic carbocycles. The van der Waals surface area contributed by atoms with Crippen LogP contribution in [0.4, 0.5) is 4.39 Å². The largest absolute Gasteiger partial charge is 0.324 e. The van der Waals surface area contributed by atoms with Crippen molar-refractivity contribution in [2.75, 3.05) is 0 Å². The second-order valence-electron chi connectivity index (χ2n) is 6.46. The number of nitrogens with zero attached hydrogens (tertiary/aromatic N) is 1. The van der Waals surface area contributed by atoms with E-state index in [1.54, 1.807) is 0 Å². The van der Waals surface area contributed by atoms with Crippen LogP contribution in [-0.4, -0.2) is 28.4 Å². The number of hydrogen-bond acceptors (Lipinski definition) is 3. The highest BCUT2D eigenvalue weighted by Crippen LogP contribution is 2.45. The highest BCUT2D eigenvalue weighted by atomic mass is 19.1. The van der Waals surface area contributed by atoms with E-state index in [4.69, 9.17) is 0 Å². The maximum atomic E-state index is 13.8. The van der Waals surface area contributed by atoms with E-state index < -0.39 is 6.04 Å². The van der Waals surface area contributed by atoms with Crippen LogP contribution in [-0.2, 0) is 16.1 Å². The van der Waals surface area contributed by atoms with Crippen molar-refractivity contribution in [2.24, 2.45) is 0 Å². The van der Waals surface area contributed by atoms with Crippen LogP contribution in [0.15, 0.2) is 12.1 Å². The van der Waals surface area contributed by atoms with Crippen LogP contribution in [0.1, 0.15) is 59.5 Å². The standard InChI is InChI=1S/C17H16FNO3/c18-10-5-12(9-1-2-9)14-8-19(17(22)13(14)6-10)15-4-3-11(20)7-16(15)21/h5-6,9,15H,1-4,7-8H2. The van der Waals surface area contributed by atoms with Crippen LogP contribution >= 0.6 is 0 Å². The number of halogens is 1. The normalized spacial score (nSPS) is 24.9. The molecule has 0 spiro atoms. The first-order valence-corrected chi connectivity index (χ1v) is 7.72. The average molecular weight is 301 g/mol. The van der Waals surface area contributed by atoms with Crippen molar-refractivity contribution in [3.63, 3.8) is 0 Å². The van der Waals surface area contributed by atoms with E-state index in [-0.39, 0.29) is 29.7 Å². The molecule has 1 atom stereocenters. The topological polar surface area (TPSA) is 54.5 Å². The van der Waals surface area contributed by atoms with Gasteiger partial charge in [0.2, 0.25) is 0 Å². The Balaban J connectivity index is 1.68. The molecule has 1 unspecified atom stereocenters. The summed E-state index contributed by atoms with van der Waals surface area (Å²) in [5.41, 5.74) is 2.19. The third-order valence-corrected chi connectivity index (χ3v) is 4.90. The Morgan fingerprint density at radius 3 is 2.55 bits per heavy atom. The second kappa shape index (κ2) is 4.73. The maximum Gasteiger partial charge on any atom is 0.255 e. The molecule has 114 valence electrons. The van der Waals surface area contributed by atoms with Crippen LogP contribution in [0.5, 0.6) is 0 Å². The first kappa shape index (κ1) is 13.6. The minimum Gasteiger partial charge on any atom is -0.324 e. The van der Waals surface area contributed by atoms with Gasteiger partial charge in [-0.1, -0.05) is 0 Å². The summed E-state index contributed by atoms with van der Waals surface area (Å²) in [4.78, 5) is 37.6. The van der Waals surface area contributed by atoms with Crippen molar-refractivity contribution in [3.05, 3.63) is 34.6 Å². The van der Waals surface area contributed by atoms with Gasteiger partial charge in [0.1, 0.15) is 11.6 Å². The number of carbonyl (C=O) groups excluding carboxylic acids is 3. The average Bonchev–Trinajstić information content (AvgIpc) is 3.25. The molecule has 1 heterocycles. The SMILES string of the molecule is O=C1CCC(N2Cc3c(cc(F)cc3C3CC3)C2=O)C(=O)C1. The summed E-state index contributed by atoms with van der Waals surface area (Å²) in [7, 11) is 0. The monoisotopic (exact) mass is 301 g/mol. The van der Waals surface area contributed by atoms with Crippen LogP contribution in [0.25, 0.3) is 0 Å². The summed E-state index contributed by atoms with van der Waals surface area (Å²) < 4.78 is 13.8. The molecule has 1 amide bonds. The fourth-order valence-corrected chi connectivity index (χ4v) is 3.62. The molecule has 0 bridgehead atoms. The van der Waals surface area contributed by atoms with Gasteiger partial charge in [-0.2, -0.15) is 0 Å². The molecular formula is C17H16FNO3. The first-order valence-electron chi connectivity index (χ1n) is 7.72. The molecule has 5 heteroatoms. The van der Waals surface area contributed by atoms with Crippen molar-refractivity contribution in [2.45, 2.75) is 50.6 Å². The summed E-state index contributed by atoms with van der Waals surface area (Å²) in [5, 5.41) is 0. The highest BCUT2D eigenvalue weighted by molar-refractivity contribution is 6.07. The van der Waals surface area contributed by atoms with Crippen molar-refractivity contribution in [1.82, 2.24) is 4.90 Å². The molecule has 3 aliphatic rings. The summed E-state index contributed by atoms with van der Waals surface area (Å²) in [6.07, 6.45) is 2.69. The van der Waals surface area contributed by atoms with Gasteiger partial charge in [-0.15, -0.1) is 0 Å². The fraction of sp³-hybridized carbons (Fsp3) is 0.471. The van der Waals surface area contributed by atoms with Crippen LogP contribution < -0.4 is 0 Å². The Labute approximate surface area is 127 Å². The highest BCUT2D eigenvalue weighted by Gasteiger charge is 2.41. The Morgan fingerprint density at radius 1 is 1.09 bits per heavy atom. The molecule has 2 fully saturated rings. The minimum atomic E-state index is -0.535. The fourth-order valence-electron chi connectivity index (χ4n) is 3.62. The smallest absolute Gasteiger partial charge is 0.255 e. The predicted molar refractivity (Wildman–Crippen MR) is 75.9 cm³/mol. The minimum absolute atomic E-state index is 0.0601. The first-order chi connectivity index (χ1) is 10.5. The molecule has 0 aromatic heterocycles. The maximum absolute atomic E-state index is 13.8. The van der Waals surface area contributed by atoms with Crippen LogP contribution in [0, 0.1) is 5.82 Å². The van der Waals surface area contributed by atoms with E-state index in [1.165, 1.54) is 17.0 Å². The zero-order valence-electron chi connectivity index (χ0n) is 12.1. The third kappa shape index (κ3) is 2.07. The Bertz CT molecular complexity index is 708. The zero-order chi connectivity index (χ0) is 15.4. The van der Waals surface area contributed by atoms with Gasteiger partial charge >= 0.3 is 0 Å². The lowest BCUT2D eigenvalue weighted by molar-refractivity contribution is -0.133. The molecule has 4 rings (SSSR count). The van der Waals surface area contributed by atoms with E-state index in [0.29, 0.717) is 30.9 Å². The van der Waals surface area contributed by atoms with Crippen LogP contribution in [0.2, 0.25) is 0 Å². The lowest BCUT2D eigenvalue weighted by Crippen LogP contribution is -2.44. The molecule has 0 N–H and O–H groups in total. The molecule has 1 aliphatic heterocycles. The summed E-state index contributed by atoms with van der Waals surface area (Å²) in [6, 6.07) is 2.27. The van der Waals surface area contributed by atoms with Gasteiger partial charge in [0.05, 0.1) is 12.5 Å². The summed E-state index contributed by atoms with van der Waals surface area (Å²) in [5.74, 6) is -0.563. The molecule has 0 saturated heterocycles. The van der Waals surface area contributed by atoms with E-state index in [0.717, 1.165) is 24.0 Å². The Hall–Kier alpha value is -2.04. The van der Waals surface area contributed by atoms with E-state index in [1.807, 2.05) is 0 Å². The number of ketones is 2. The van der Waals surface area contributed by atoms with Gasteiger partial charge in [0.25, 0.3) is 5.91 Å². The molecule has 0 radical (unpaired) electrons. The number of hydrogen-bond donors (Lipinski definition) is 0.